The predicted octanol–water partition coefficient (Wildman–Crippen LogP) is 6.07. The molecule has 2 aromatic carbocycles. The van der Waals surface area contributed by atoms with Crippen LogP contribution in [0.4, 0.5) is 21.0 Å². The van der Waals surface area contributed by atoms with Gasteiger partial charge < -0.3 is 49.6 Å². The van der Waals surface area contributed by atoms with Crippen LogP contribution in [-0.4, -0.2) is 133 Å². The van der Waals surface area contributed by atoms with Crippen LogP contribution >= 0.6 is 23.2 Å². The Bertz CT molecular complexity index is 1830. The highest BCUT2D eigenvalue weighted by Crippen LogP contribution is 2.26. The number of hydrogen-bond acceptors (Lipinski definition) is 11. The van der Waals surface area contributed by atoms with Gasteiger partial charge in [-0.05, 0) is 102 Å². The summed E-state index contributed by atoms with van der Waals surface area (Å²) in [6.45, 7) is 19.5. The molecule has 4 amide bonds. The minimum Gasteiger partial charge on any atom is -0.480 e. The molecule has 16 nitrogen and oxygen atoms in total. The normalized spacial score (nSPS) is 18.0. The molecule has 338 valence electrons. The van der Waals surface area contributed by atoms with Crippen LogP contribution in [0.15, 0.2) is 48.5 Å². The van der Waals surface area contributed by atoms with Crippen LogP contribution in [-0.2, 0) is 33.4 Å². The first-order valence-corrected chi connectivity index (χ1v) is 21.0. The van der Waals surface area contributed by atoms with E-state index in [1.165, 1.54) is 12.0 Å². The van der Waals surface area contributed by atoms with Crippen LogP contribution in [0.3, 0.4) is 0 Å². The molecule has 2 aromatic rings. The first-order valence-electron chi connectivity index (χ1n) is 20.2. The van der Waals surface area contributed by atoms with Crippen LogP contribution in [0.2, 0.25) is 10.0 Å². The van der Waals surface area contributed by atoms with Crippen molar-refractivity contribution in [1.29, 1.82) is 0 Å². The molecule has 4 rings (SSSR count). The smallest absolute Gasteiger partial charge is 0.408 e. The van der Waals surface area contributed by atoms with Gasteiger partial charge in [-0.25, -0.2) is 19.2 Å². The fourth-order valence-electron chi connectivity index (χ4n) is 6.69. The van der Waals surface area contributed by atoms with Crippen LogP contribution in [0.25, 0.3) is 0 Å². The number of amides is 4. The van der Waals surface area contributed by atoms with Gasteiger partial charge in [0.15, 0.2) is 0 Å². The van der Waals surface area contributed by atoms with E-state index in [-0.39, 0.29) is 36.7 Å². The maximum atomic E-state index is 13.3. The maximum absolute atomic E-state index is 13.3. The third-order valence-electron chi connectivity index (χ3n) is 9.67. The molecule has 2 heterocycles. The molecule has 3 N–H and O–H groups in total. The number of halogens is 2. The van der Waals surface area contributed by atoms with Crippen molar-refractivity contribution in [1.82, 2.24) is 20.4 Å². The number of hydrogen-bond donors (Lipinski definition) is 3. The van der Waals surface area contributed by atoms with Crippen molar-refractivity contribution in [2.45, 2.75) is 105 Å². The number of carbonyl (C=O) groups is 6. The zero-order valence-corrected chi connectivity index (χ0v) is 38.5. The van der Waals surface area contributed by atoms with Crippen molar-refractivity contribution in [3.8, 4) is 0 Å². The second-order valence-corrected chi connectivity index (χ2v) is 18.4. The third kappa shape index (κ3) is 15.2. The number of carboxylic acid groups (broad SMARTS) is 1. The number of carboxylic acids is 1. The Morgan fingerprint density at radius 3 is 1.28 bits per heavy atom. The molecule has 0 bridgehead atoms. The lowest BCUT2D eigenvalue weighted by Gasteiger charge is -2.42. The van der Waals surface area contributed by atoms with Crippen molar-refractivity contribution in [2.24, 2.45) is 11.8 Å². The van der Waals surface area contributed by atoms with Crippen LogP contribution in [0.1, 0.15) is 69.2 Å². The number of nitrogens with one attached hydrogen (secondary N) is 2. The molecule has 0 saturated carbocycles. The summed E-state index contributed by atoms with van der Waals surface area (Å²) in [6, 6.07) is 10.9. The first-order chi connectivity index (χ1) is 28.3. The second-order valence-electron chi connectivity index (χ2n) is 17.5. The summed E-state index contributed by atoms with van der Waals surface area (Å²) in [5.41, 5.74) is 0.188. The number of carbonyl (C=O) groups excluding carboxylic acids is 5. The Balaban J connectivity index is 0.000000325. The van der Waals surface area contributed by atoms with E-state index in [0.717, 1.165) is 11.4 Å². The maximum Gasteiger partial charge on any atom is 0.408 e. The van der Waals surface area contributed by atoms with Gasteiger partial charge in [-0.1, -0.05) is 50.9 Å². The molecule has 61 heavy (non-hydrogen) atoms. The third-order valence-corrected chi connectivity index (χ3v) is 10.2. The first kappa shape index (κ1) is 50.4. The molecular weight excluding hydrogens is 831 g/mol. The largest absolute Gasteiger partial charge is 0.480 e. The Labute approximate surface area is 369 Å². The van der Waals surface area contributed by atoms with E-state index < -0.39 is 59.5 Å². The number of ether oxygens (including phenoxy) is 3. The molecule has 2 fully saturated rings. The van der Waals surface area contributed by atoms with Gasteiger partial charge in [0.05, 0.1) is 20.2 Å². The van der Waals surface area contributed by atoms with Gasteiger partial charge in [0.2, 0.25) is 11.8 Å². The van der Waals surface area contributed by atoms with Crippen LogP contribution in [0.5, 0.6) is 0 Å². The molecule has 2 aliphatic rings. The number of rotatable bonds is 10. The van der Waals surface area contributed by atoms with Crippen LogP contribution in [0, 0.1) is 11.8 Å². The van der Waals surface area contributed by atoms with Crippen LogP contribution < -0.4 is 20.4 Å². The number of piperazine rings is 2. The monoisotopic (exact) mass is 892 g/mol. The van der Waals surface area contributed by atoms with Gasteiger partial charge in [-0.2, -0.15) is 0 Å². The molecule has 2 saturated heterocycles. The topological polar surface area (TPSA) is 187 Å². The average molecular weight is 894 g/mol. The van der Waals surface area contributed by atoms with Crippen molar-refractivity contribution in [3.05, 3.63) is 58.6 Å². The van der Waals surface area contributed by atoms with Crippen molar-refractivity contribution >= 4 is 70.5 Å². The van der Waals surface area contributed by atoms with Gasteiger partial charge in [0.1, 0.15) is 35.4 Å². The fourth-order valence-corrected chi connectivity index (χ4v) is 6.94. The number of esters is 1. The van der Waals surface area contributed by atoms with Gasteiger partial charge >= 0.3 is 24.1 Å². The minimum absolute atomic E-state index is 0.00993. The molecule has 18 heteroatoms. The van der Waals surface area contributed by atoms with Crippen molar-refractivity contribution < 1.29 is 48.1 Å². The Morgan fingerprint density at radius 2 is 0.967 bits per heavy atom. The molecule has 0 spiro atoms. The SMILES string of the molecule is CC(C)[C@H](NC(=O)OC(C)(C)C)C(=O)N1CCN(c2ccc(Cl)cc2)[C@@H](C(=O)O)C1.COC(=O)[C@H]1CN(C(=O)[C@@H](NC(=O)OC(C)(C)C)C(C)C)CCN1c1ccc(Cl)cc1. The van der Waals surface area contributed by atoms with E-state index in [9.17, 15) is 33.9 Å². The highest BCUT2D eigenvalue weighted by molar-refractivity contribution is 6.31. The summed E-state index contributed by atoms with van der Waals surface area (Å²) in [4.78, 5) is 82.0. The second kappa shape index (κ2) is 21.7. The number of methoxy groups -OCH3 is 1. The van der Waals surface area contributed by atoms with Gasteiger partial charge in [-0.3, -0.25) is 9.59 Å². The van der Waals surface area contributed by atoms with E-state index in [1.54, 1.807) is 87.7 Å². The minimum atomic E-state index is -1.02. The van der Waals surface area contributed by atoms with Gasteiger partial charge in [-0.15, -0.1) is 0 Å². The lowest BCUT2D eigenvalue weighted by molar-refractivity contribution is -0.145. The molecule has 0 unspecified atom stereocenters. The van der Waals surface area contributed by atoms with E-state index in [4.69, 9.17) is 37.4 Å². The summed E-state index contributed by atoms with van der Waals surface area (Å²) in [5.74, 6) is -2.39. The fraction of sp³-hybridized carbons (Fsp3) is 0.581. The molecule has 0 radical (unpaired) electrons. The van der Waals surface area contributed by atoms with E-state index in [1.807, 2.05) is 44.7 Å². The lowest BCUT2D eigenvalue weighted by atomic mass is 10.0. The van der Waals surface area contributed by atoms with Crippen molar-refractivity contribution in [2.75, 3.05) is 56.2 Å². The Hall–Kier alpha value is -4.96. The highest BCUT2D eigenvalue weighted by Gasteiger charge is 2.40. The number of nitrogens with zero attached hydrogens (tertiary/aromatic N) is 4. The number of aliphatic carboxylic acids is 1. The molecule has 0 aromatic heterocycles. The highest BCUT2D eigenvalue weighted by atomic mass is 35.5. The number of anilines is 2. The molecule has 4 atom stereocenters. The zero-order chi connectivity index (χ0) is 46.0. The van der Waals surface area contributed by atoms with E-state index >= 15 is 0 Å². The standard InChI is InChI=1S/C22H32ClN3O5.C21H30ClN3O5/c1-14(2)18(24-21(29)31-22(3,4)5)19(27)25-11-12-26(17(13-25)20(28)30-6)16-9-7-15(23)8-10-16;1-13(2)17(23-20(29)30-21(3,4)5)18(26)24-10-11-25(16(12-24)19(27)28)15-8-6-14(22)7-9-15/h7-10,14,17-18H,11-13H2,1-6H3,(H,24,29);6-9,13,16-17H,10-12H2,1-5H3,(H,23,29)(H,27,28)/t17-,18+;16-,17+/m11/s1. The number of benzene rings is 2. The lowest BCUT2D eigenvalue weighted by Crippen LogP contribution is -2.62. The zero-order valence-electron chi connectivity index (χ0n) is 37.0. The summed E-state index contributed by atoms with van der Waals surface area (Å²) in [6.07, 6.45) is -1.33. The Kier molecular flexibility index (Phi) is 17.9. The molecular formula is C43H62Cl2N6O10. The summed E-state index contributed by atoms with van der Waals surface area (Å²) < 4.78 is 15.6. The van der Waals surface area contributed by atoms with E-state index in [2.05, 4.69) is 10.6 Å². The molecule has 0 aliphatic carbocycles. The quantitative estimate of drug-likeness (QED) is 0.185. The summed E-state index contributed by atoms with van der Waals surface area (Å²) >= 11 is 11.9. The average Bonchev–Trinajstić information content (AvgIpc) is 3.17. The summed E-state index contributed by atoms with van der Waals surface area (Å²) in [5, 5.41) is 16.2. The number of alkyl carbamates (subject to hydrolysis) is 2. The van der Waals surface area contributed by atoms with Gasteiger partial charge in [0.25, 0.3) is 0 Å². The van der Waals surface area contributed by atoms with E-state index in [0.29, 0.717) is 36.2 Å². The Morgan fingerprint density at radius 1 is 0.623 bits per heavy atom. The summed E-state index contributed by atoms with van der Waals surface area (Å²) in [7, 11) is 1.32. The van der Waals surface area contributed by atoms with Gasteiger partial charge in [0, 0.05) is 47.6 Å². The van der Waals surface area contributed by atoms with Crippen molar-refractivity contribution in [3.63, 3.8) is 0 Å². The molecule has 2 aliphatic heterocycles. The predicted molar refractivity (Wildman–Crippen MR) is 234 cm³/mol.